The summed E-state index contributed by atoms with van der Waals surface area (Å²) in [5.74, 6) is 0.724. The van der Waals surface area contributed by atoms with E-state index in [1.54, 1.807) is 7.11 Å². The summed E-state index contributed by atoms with van der Waals surface area (Å²) >= 11 is 0. The number of hydrogen-bond donors (Lipinski definition) is 0. The lowest BCUT2D eigenvalue weighted by Gasteiger charge is -2.11. The Bertz CT molecular complexity index is 126. The number of rotatable bonds is 9. The predicted octanol–water partition coefficient (Wildman–Crippen LogP) is 3.65. The molecule has 0 heterocycles. The van der Waals surface area contributed by atoms with Gasteiger partial charge in [-0.05, 0) is 37.8 Å². The molecule has 0 saturated heterocycles. The quantitative estimate of drug-likeness (QED) is 0.422. The van der Waals surface area contributed by atoms with Gasteiger partial charge in [0.05, 0.1) is 0 Å². The lowest BCUT2D eigenvalue weighted by Crippen LogP contribution is -2.02. The second-order valence-corrected chi connectivity index (χ2v) is 4.27. The molecule has 0 aromatic heterocycles. The van der Waals surface area contributed by atoms with Gasteiger partial charge in [-0.1, -0.05) is 25.5 Å². The van der Waals surface area contributed by atoms with Gasteiger partial charge in [0.25, 0.3) is 0 Å². The zero-order chi connectivity index (χ0) is 10.6. The van der Waals surface area contributed by atoms with Crippen LogP contribution in [-0.2, 0) is 4.74 Å². The molecular weight excluding hydrogens is 191 g/mol. The Morgan fingerprint density at radius 1 is 1.36 bits per heavy atom. The molecule has 0 aromatic rings. The van der Waals surface area contributed by atoms with Crippen molar-refractivity contribution in [1.82, 2.24) is 0 Å². The van der Waals surface area contributed by atoms with Crippen LogP contribution in [0.4, 0.5) is 0 Å². The van der Waals surface area contributed by atoms with Crippen molar-refractivity contribution in [2.45, 2.75) is 39.0 Å². The maximum absolute atomic E-state index is 5.12. The predicted molar refractivity (Wildman–Crippen MR) is 67.8 cm³/mol. The van der Waals surface area contributed by atoms with Gasteiger partial charge in [0.15, 0.2) is 0 Å². The lowest BCUT2D eigenvalue weighted by atomic mass is 9.99. The molecule has 0 spiro atoms. The van der Waals surface area contributed by atoms with Crippen molar-refractivity contribution in [3.05, 3.63) is 12.2 Å². The normalized spacial score (nSPS) is 13.6. The van der Waals surface area contributed by atoms with Crippen LogP contribution < -0.4 is 0 Å². The Labute approximate surface area is 91.5 Å². The molecule has 2 atom stereocenters. The van der Waals surface area contributed by atoms with Gasteiger partial charge >= 0.3 is 0 Å². The van der Waals surface area contributed by atoms with Crippen LogP contribution in [0.2, 0.25) is 0 Å². The van der Waals surface area contributed by atoms with E-state index in [4.69, 9.17) is 4.74 Å². The van der Waals surface area contributed by atoms with Crippen molar-refractivity contribution < 1.29 is 4.74 Å². The van der Waals surface area contributed by atoms with Gasteiger partial charge in [-0.15, -0.1) is 9.24 Å². The standard InChI is InChI=1S/C12H25OP/c1-3-4-5-7-12(8-6-11-14)9-10-13-2/h5,7,12H,3-4,6,8-11,14H2,1-2H3. The molecular formula is C12H25OP. The molecule has 2 heteroatoms. The Balaban J connectivity index is 3.71. The van der Waals surface area contributed by atoms with E-state index in [1.807, 2.05) is 0 Å². The summed E-state index contributed by atoms with van der Waals surface area (Å²) in [5.41, 5.74) is 0. The van der Waals surface area contributed by atoms with E-state index in [2.05, 4.69) is 28.3 Å². The second-order valence-electron chi connectivity index (χ2n) is 3.69. The molecule has 0 N–H and O–H groups in total. The summed E-state index contributed by atoms with van der Waals surface area (Å²) in [5, 5.41) is 0. The Kier molecular flexibility index (Phi) is 11.3. The number of methoxy groups -OCH3 is 1. The smallest absolute Gasteiger partial charge is 0.0467 e. The number of hydrogen-bond acceptors (Lipinski definition) is 1. The van der Waals surface area contributed by atoms with Crippen molar-refractivity contribution in [1.29, 1.82) is 0 Å². The van der Waals surface area contributed by atoms with Gasteiger partial charge < -0.3 is 4.74 Å². The zero-order valence-corrected chi connectivity index (χ0v) is 10.8. The third-order valence-electron chi connectivity index (χ3n) is 2.34. The molecule has 0 aliphatic carbocycles. The molecule has 14 heavy (non-hydrogen) atoms. The van der Waals surface area contributed by atoms with Crippen LogP contribution in [0.1, 0.15) is 39.0 Å². The Morgan fingerprint density at radius 2 is 2.14 bits per heavy atom. The van der Waals surface area contributed by atoms with Crippen molar-refractivity contribution in [2.75, 3.05) is 19.9 Å². The van der Waals surface area contributed by atoms with Crippen molar-refractivity contribution >= 4 is 9.24 Å². The summed E-state index contributed by atoms with van der Waals surface area (Å²) in [4.78, 5) is 0. The first-order valence-corrected chi connectivity index (χ1v) is 6.52. The van der Waals surface area contributed by atoms with E-state index in [-0.39, 0.29) is 0 Å². The average molecular weight is 216 g/mol. The Morgan fingerprint density at radius 3 is 2.71 bits per heavy atom. The summed E-state index contributed by atoms with van der Waals surface area (Å²) in [6.07, 6.45) is 12.1. The van der Waals surface area contributed by atoms with Gasteiger partial charge in [-0.25, -0.2) is 0 Å². The first-order chi connectivity index (χ1) is 6.85. The van der Waals surface area contributed by atoms with Gasteiger partial charge in [0.2, 0.25) is 0 Å². The van der Waals surface area contributed by atoms with Gasteiger partial charge in [-0.3, -0.25) is 0 Å². The van der Waals surface area contributed by atoms with Crippen LogP contribution in [0.5, 0.6) is 0 Å². The average Bonchev–Trinajstić information content (AvgIpc) is 2.21. The van der Waals surface area contributed by atoms with Crippen LogP contribution >= 0.6 is 9.24 Å². The van der Waals surface area contributed by atoms with Gasteiger partial charge in [0.1, 0.15) is 0 Å². The van der Waals surface area contributed by atoms with Crippen molar-refractivity contribution in [2.24, 2.45) is 5.92 Å². The highest BCUT2D eigenvalue weighted by atomic mass is 31.0. The number of unbranched alkanes of at least 4 members (excludes halogenated alkanes) is 1. The monoisotopic (exact) mass is 216 g/mol. The molecule has 0 amide bonds. The van der Waals surface area contributed by atoms with E-state index >= 15 is 0 Å². The minimum absolute atomic E-state index is 0.724. The molecule has 1 nitrogen and oxygen atoms in total. The third-order valence-corrected chi connectivity index (χ3v) is 2.74. The molecule has 0 radical (unpaired) electrons. The van der Waals surface area contributed by atoms with Gasteiger partial charge in [0, 0.05) is 13.7 Å². The zero-order valence-electron chi connectivity index (χ0n) is 9.67. The molecule has 0 aliphatic rings. The number of ether oxygens (including phenoxy) is 1. The third kappa shape index (κ3) is 8.72. The molecule has 0 aliphatic heterocycles. The van der Waals surface area contributed by atoms with Crippen LogP contribution in [0.25, 0.3) is 0 Å². The topological polar surface area (TPSA) is 9.23 Å². The molecule has 0 bridgehead atoms. The van der Waals surface area contributed by atoms with E-state index in [0.717, 1.165) is 12.5 Å². The fraction of sp³-hybridized carbons (Fsp3) is 0.833. The molecule has 2 unspecified atom stereocenters. The first-order valence-electron chi connectivity index (χ1n) is 5.70. The van der Waals surface area contributed by atoms with Crippen LogP contribution in [0, 0.1) is 5.92 Å². The lowest BCUT2D eigenvalue weighted by molar-refractivity contribution is 0.182. The summed E-state index contributed by atoms with van der Waals surface area (Å²) in [6.45, 7) is 3.11. The minimum atomic E-state index is 0.724. The second kappa shape index (κ2) is 11.2. The molecule has 0 aromatic carbocycles. The van der Waals surface area contributed by atoms with E-state index in [1.165, 1.54) is 38.3 Å². The fourth-order valence-corrected chi connectivity index (χ4v) is 1.68. The van der Waals surface area contributed by atoms with E-state index in [9.17, 15) is 0 Å². The van der Waals surface area contributed by atoms with Crippen LogP contribution in [-0.4, -0.2) is 19.9 Å². The summed E-state index contributed by atoms with van der Waals surface area (Å²) in [6, 6.07) is 0. The van der Waals surface area contributed by atoms with Crippen molar-refractivity contribution in [3.8, 4) is 0 Å². The molecule has 0 saturated carbocycles. The van der Waals surface area contributed by atoms with Gasteiger partial charge in [-0.2, -0.15) is 0 Å². The summed E-state index contributed by atoms with van der Waals surface area (Å²) in [7, 11) is 4.58. The highest BCUT2D eigenvalue weighted by molar-refractivity contribution is 7.16. The van der Waals surface area contributed by atoms with E-state index in [0.29, 0.717) is 0 Å². The molecule has 84 valence electrons. The molecule has 0 fully saturated rings. The SMILES string of the molecule is CCCC=CC(CCCP)CCOC. The largest absolute Gasteiger partial charge is 0.385 e. The first kappa shape index (κ1) is 14.1. The van der Waals surface area contributed by atoms with E-state index < -0.39 is 0 Å². The van der Waals surface area contributed by atoms with Crippen LogP contribution in [0.3, 0.4) is 0 Å². The van der Waals surface area contributed by atoms with Crippen molar-refractivity contribution in [3.63, 3.8) is 0 Å². The summed E-state index contributed by atoms with van der Waals surface area (Å²) < 4.78 is 5.12. The Hall–Kier alpha value is 0.130. The fourth-order valence-electron chi connectivity index (χ4n) is 1.44. The highest BCUT2D eigenvalue weighted by Gasteiger charge is 2.03. The maximum Gasteiger partial charge on any atom is 0.0467 e. The van der Waals surface area contributed by atoms with Crippen LogP contribution in [0.15, 0.2) is 12.2 Å². The minimum Gasteiger partial charge on any atom is -0.385 e. The number of allylic oxidation sites excluding steroid dienone is 2. The maximum atomic E-state index is 5.12. The molecule has 0 rings (SSSR count). The highest BCUT2D eigenvalue weighted by Crippen LogP contribution is 2.14.